The molecule has 34 heavy (non-hydrogen) atoms. The molecule has 1 aliphatic heterocycles. The molecule has 174 valence electrons. The fourth-order valence-electron chi connectivity index (χ4n) is 4.79. The van der Waals surface area contributed by atoms with Crippen molar-refractivity contribution in [1.82, 2.24) is 14.5 Å². The molecule has 4 aromatic rings. The molecule has 5 heteroatoms. The number of ether oxygens (including phenoxy) is 1. The summed E-state index contributed by atoms with van der Waals surface area (Å²) in [5.41, 5.74) is 4.63. The number of carbonyl (C=O) groups is 1. The minimum absolute atomic E-state index is 0.0968. The molecule has 5 nitrogen and oxygen atoms in total. The minimum Gasteiger partial charge on any atom is -0.492 e. The van der Waals surface area contributed by atoms with E-state index in [0.717, 1.165) is 42.0 Å². The van der Waals surface area contributed by atoms with E-state index in [9.17, 15) is 4.79 Å². The maximum Gasteiger partial charge on any atom is 0.223 e. The van der Waals surface area contributed by atoms with Crippen molar-refractivity contribution in [3.8, 4) is 5.75 Å². The summed E-state index contributed by atoms with van der Waals surface area (Å²) < 4.78 is 8.29. The van der Waals surface area contributed by atoms with E-state index >= 15 is 0 Å². The van der Waals surface area contributed by atoms with Crippen molar-refractivity contribution >= 4 is 16.9 Å². The van der Waals surface area contributed by atoms with Gasteiger partial charge in [0.05, 0.1) is 17.6 Å². The van der Waals surface area contributed by atoms with Gasteiger partial charge in [-0.15, -0.1) is 0 Å². The average Bonchev–Trinajstić information content (AvgIpc) is 3.44. The fraction of sp³-hybridized carbons (Fsp3) is 0.310. The van der Waals surface area contributed by atoms with Crippen molar-refractivity contribution in [1.29, 1.82) is 0 Å². The Labute approximate surface area is 201 Å². The van der Waals surface area contributed by atoms with Gasteiger partial charge in [0.1, 0.15) is 18.2 Å². The van der Waals surface area contributed by atoms with Crippen LogP contribution in [-0.2, 0) is 24.2 Å². The third-order valence-electron chi connectivity index (χ3n) is 6.69. The highest BCUT2D eigenvalue weighted by molar-refractivity contribution is 5.81. The van der Waals surface area contributed by atoms with Gasteiger partial charge in [0.25, 0.3) is 0 Å². The molecule has 0 bridgehead atoms. The molecule has 1 fully saturated rings. The lowest BCUT2D eigenvalue weighted by atomic mass is 10.1. The molecule has 1 unspecified atom stereocenters. The number of para-hydroxylation sites is 2. The normalized spacial score (nSPS) is 15.9. The summed E-state index contributed by atoms with van der Waals surface area (Å²) in [4.78, 5) is 19.8. The fourth-order valence-corrected chi connectivity index (χ4v) is 4.79. The first-order valence-corrected chi connectivity index (χ1v) is 12.2. The number of hydrogen-bond acceptors (Lipinski definition) is 3. The van der Waals surface area contributed by atoms with Crippen LogP contribution >= 0.6 is 0 Å². The number of nitrogens with zero attached hydrogens (tertiary/aromatic N) is 3. The smallest absolute Gasteiger partial charge is 0.223 e. The standard InChI is InChI=1S/C29H31N3O2/c1-2-22-12-14-25(15-13-22)34-19-18-32-27-11-7-6-10-26(27)30-29(32)24-20-28(33)31(21-24)17-16-23-8-4-3-5-9-23/h3-15,24H,2,16-21H2,1H3. The van der Waals surface area contributed by atoms with Gasteiger partial charge in [0.15, 0.2) is 0 Å². The number of benzene rings is 3. The number of carbonyl (C=O) groups excluding carboxylic acids is 1. The van der Waals surface area contributed by atoms with Gasteiger partial charge < -0.3 is 14.2 Å². The zero-order valence-electron chi connectivity index (χ0n) is 19.7. The molecule has 0 N–H and O–H groups in total. The Hall–Kier alpha value is -3.60. The second kappa shape index (κ2) is 10.1. The minimum atomic E-state index is 0.0968. The summed E-state index contributed by atoms with van der Waals surface area (Å²) in [6.45, 7) is 4.86. The molecule has 3 aromatic carbocycles. The highest BCUT2D eigenvalue weighted by atomic mass is 16.5. The van der Waals surface area contributed by atoms with Gasteiger partial charge in [0.2, 0.25) is 5.91 Å². The van der Waals surface area contributed by atoms with Crippen molar-refractivity contribution in [3.05, 3.63) is 95.8 Å². The highest BCUT2D eigenvalue weighted by Crippen LogP contribution is 2.30. The molecule has 1 saturated heterocycles. The maximum absolute atomic E-state index is 12.8. The Morgan fingerprint density at radius 2 is 1.68 bits per heavy atom. The lowest BCUT2D eigenvalue weighted by molar-refractivity contribution is -0.127. The summed E-state index contributed by atoms with van der Waals surface area (Å²) in [7, 11) is 0. The first-order chi connectivity index (χ1) is 16.7. The monoisotopic (exact) mass is 453 g/mol. The molecule has 0 aliphatic carbocycles. The summed E-state index contributed by atoms with van der Waals surface area (Å²) in [5, 5.41) is 0. The van der Waals surface area contributed by atoms with E-state index < -0.39 is 0 Å². The zero-order chi connectivity index (χ0) is 23.3. The van der Waals surface area contributed by atoms with Crippen LogP contribution in [0.5, 0.6) is 5.75 Å². The van der Waals surface area contributed by atoms with E-state index in [0.29, 0.717) is 26.1 Å². The molecule has 2 heterocycles. The van der Waals surface area contributed by atoms with Crippen molar-refractivity contribution in [2.45, 2.75) is 38.6 Å². The second-order valence-electron chi connectivity index (χ2n) is 8.93. The van der Waals surface area contributed by atoms with Crippen molar-refractivity contribution in [3.63, 3.8) is 0 Å². The van der Waals surface area contributed by atoms with Gasteiger partial charge in [-0.1, -0.05) is 61.5 Å². The SMILES string of the molecule is CCc1ccc(OCCn2c(C3CC(=O)N(CCc4ccccc4)C3)nc3ccccc32)cc1. The number of likely N-dealkylation sites (tertiary alicyclic amines) is 1. The lowest BCUT2D eigenvalue weighted by Crippen LogP contribution is -2.27. The van der Waals surface area contributed by atoms with Gasteiger partial charge in [-0.05, 0) is 48.2 Å². The maximum atomic E-state index is 12.8. The van der Waals surface area contributed by atoms with Crippen LogP contribution in [0, 0.1) is 0 Å². The topological polar surface area (TPSA) is 47.4 Å². The first kappa shape index (κ1) is 22.2. The van der Waals surface area contributed by atoms with Crippen LogP contribution in [0.1, 0.15) is 36.2 Å². The Balaban J connectivity index is 1.29. The summed E-state index contributed by atoms with van der Waals surface area (Å²) in [5.74, 6) is 2.18. The van der Waals surface area contributed by atoms with E-state index in [-0.39, 0.29) is 11.8 Å². The van der Waals surface area contributed by atoms with Crippen molar-refractivity contribution in [2.24, 2.45) is 0 Å². The molecule has 1 aromatic heterocycles. The predicted molar refractivity (Wildman–Crippen MR) is 135 cm³/mol. The largest absolute Gasteiger partial charge is 0.492 e. The zero-order valence-corrected chi connectivity index (χ0v) is 19.7. The Kier molecular flexibility index (Phi) is 6.61. The number of aryl methyl sites for hydroxylation is 1. The van der Waals surface area contributed by atoms with Crippen LogP contribution in [0.2, 0.25) is 0 Å². The summed E-state index contributed by atoms with van der Waals surface area (Å²) >= 11 is 0. The highest BCUT2D eigenvalue weighted by Gasteiger charge is 2.33. The number of imidazole rings is 1. The molecule has 1 amide bonds. The van der Waals surface area contributed by atoms with E-state index in [1.54, 1.807) is 0 Å². The number of fused-ring (bicyclic) bond motifs is 1. The van der Waals surface area contributed by atoms with Crippen LogP contribution in [0.15, 0.2) is 78.9 Å². The van der Waals surface area contributed by atoms with E-state index in [4.69, 9.17) is 9.72 Å². The molecule has 1 atom stereocenters. The lowest BCUT2D eigenvalue weighted by Gasteiger charge is -2.17. The van der Waals surface area contributed by atoms with E-state index in [2.05, 4.69) is 41.8 Å². The van der Waals surface area contributed by atoms with Crippen molar-refractivity contribution < 1.29 is 9.53 Å². The van der Waals surface area contributed by atoms with Crippen LogP contribution in [0.4, 0.5) is 0 Å². The molecule has 0 spiro atoms. The van der Waals surface area contributed by atoms with Gasteiger partial charge in [-0.3, -0.25) is 4.79 Å². The Bertz CT molecular complexity index is 1250. The van der Waals surface area contributed by atoms with E-state index in [1.807, 2.05) is 53.4 Å². The Morgan fingerprint density at radius 3 is 2.47 bits per heavy atom. The number of hydrogen-bond donors (Lipinski definition) is 0. The molecule has 0 saturated carbocycles. The second-order valence-corrected chi connectivity index (χ2v) is 8.93. The quantitative estimate of drug-likeness (QED) is 0.348. The molecule has 0 radical (unpaired) electrons. The average molecular weight is 454 g/mol. The van der Waals surface area contributed by atoms with Crippen LogP contribution in [-0.4, -0.2) is 40.1 Å². The third kappa shape index (κ3) is 4.84. The summed E-state index contributed by atoms with van der Waals surface area (Å²) in [6, 6.07) is 26.9. The van der Waals surface area contributed by atoms with Crippen molar-refractivity contribution in [2.75, 3.05) is 19.7 Å². The molecular weight excluding hydrogens is 422 g/mol. The van der Waals surface area contributed by atoms with Crippen LogP contribution < -0.4 is 4.74 Å². The molecular formula is C29H31N3O2. The van der Waals surface area contributed by atoms with E-state index in [1.165, 1.54) is 11.1 Å². The number of amides is 1. The molecule has 1 aliphatic rings. The van der Waals surface area contributed by atoms with Crippen LogP contribution in [0.3, 0.4) is 0 Å². The summed E-state index contributed by atoms with van der Waals surface area (Å²) in [6.07, 6.45) is 2.41. The van der Waals surface area contributed by atoms with Gasteiger partial charge in [-0.2, -0.15) is 0 Å². The van der Waals surface area contributed by atoms with Gasteiger partial charge in [0, 0.05) is 25.4 Å². The van der Waals surface area contributed by atoms with Crippen LogP contribution in [0.25, 0.3) is 11.0 Å². The number of aromatic nitrogens is 2. The first-order valence-electron chi connectivity index (χ1n) is 12.2. The molecule has 5 rings (SSSR count). The Morgan fingerprint density at radius 1 is 0.912 bits per heavy atom. The number of rotatable bonds is 9. The van der Waals surface area contributed by atoms with Gasteiger partial charge >= 0.3 is 0 Å². The predicted octanol–water partition coefficient (Wildman–Crippen LogP) is 5.24. The third-order valence-corrected chi connectivity index (χ3v) is 6.69. The van der Waals surface area contributed by atoms with Gasteiger partial charge in [-0.25, -0.2) is 4.98 Å².